The van der Waals surface area contributed by atoms with E-state index >= 15 is 0 Å². The minimum absolute atomic E-state index is 0.0305. The van der Waals surface area contributed by atoms with Gasteiger partial charge in [0, 0.05) is 12.8 Å². The molecule has 0 spiro atoms. The van der Waals surface area contributed by atoms with E-state index in [2.05, 4.69) is 26.1 Å². The summed E-state index contributed by atoms with van der Waals surface area (Å²) in [7, 11) is 0. The number of aliphatic hydroxyl groups is 1. The average molecular weight is 638 g/mol. The Balaban J connectivity index is 4.47. The molecule has 1 amide bonds. The lowest BCUT2D eigenvalue weighted by molar-refractivity contribution is -0.152. The smallest absolute Gasteiger partial charge is 0.306 e. The number of rotatable bonds is 36. The Kier molecular flexibility index (Phi) is 34.9. The van der Waals surface area contributed by atoms with Gasteiger partial charge in [-0.2, -0.15) is 0 Å². The lowest BCUT2D eigenvalue weighted by atomic mass is 10.0. The van der Waals surface area contributed by atoms with Gasteiger partial charge in [-0.1, -0.05) is 188 Å². The lowest BCUT2D eigenvalue weighted by Crippen LogP contribution is -2.47. The van der Waals surface area contributed by atoms with Gasteiger partial charge in [-0.3, -0.25) is 9.59 Å². The fourth-order valence-electron chi connectivity index (χ4n) is 6.29. The van der Waals surface area contributed by atoms with Gasteiger partial charge >= 0.3 is 5.97 Å². The Bertz CT molecular complexity index is 625. The molecule has 0 fully saturated rings. The summed E-state index contributed by atoms with van der Waals surface area (Å²) in [5, 5.41) is 13.2. The monoisotopic (exact) mass is 638 g/mol. The predicted molar refractivity (Wildman–Crippen MR) is 194 cm³/mol. The molecule has 0 aliphatic carbocycles. The number of hydrogen-bond acceptors (Lipinski definition) is 4. The number of nitrogens with one attached hydrogen (secondary N) is 1. The largest absolute Gasteiger partial charge is 0.460 e. The Morgan fingerprint density at radius 2 is 0.822 bits per heavy atom. The number of unbranched alkanes of at least 4 members (excludes halogenated alkanes) is 26. The third-order valence-electron chi connectivity index (χ3n) is 9.36. The number of hydrogen-bond donors (Lipinski definition) is 2. The summed E-state index contributed by atoms with van der Waals surface area (Å²) in [5.74, 6) is -0.214. The molecule has 0 aliphatic heterocycles. The first-order chi connectivity index (χ1) is 22.1. The fraction of sp³-hybridized carbons (Fsp3) is 0.950. The summed E-state index contributed by atoms with van der Waals surface area (Å²) in [6, 6.07) is -0.522. The van der Waals surface area contributed by atoms with Crippen molar-refractivity contribution in [2.75, 3.05) is 6.61 Å². The van der Waals surface area contributed by atoms with Gasteiger partial charge in [0.05, 0.1) is 12.6 Å². The Morgan fingerprint density at radius 1 is 0.489 bits per heavy atom. The minimum Gasteiger partial charge on any atom is -0.460 e. The molecule has 0 heterocycles. The highest BCUT2D eigenvalue weighted by molar-refractivity contribution is 5.76. The molecule has 45 heavy (non-hydrogen) atoms. The zero-order chi connectivity index (χ0) is 33.1. The zero-order valence-electron chi connectivity index (χ0n) is 30.7. The van der Waals surface area contributed by atoms with E-state index in [1.54, 1.807) is 0 Å². The maximum atomic E-state index is 12.8. The van der Waals surface area contributed by atoms with Crippen LogP contribution in [0.3, 0.4) is 0 Å². The van der Waals surface area contributed by atoms with E-state index in [-0.39, 0.29) is 18.5 Å². The maximum absolute atomic E-state index is 12.8. The van der Waals surface area contributed by atoms with Gasteiger partial charge < -0.3 is 15.2 Å². The standard InChI is InChI=1S/C40H79NO4/c1-4-7-10-13-16-19-20-23-25-28-31-34-39(43)41-37(36-42)38(33-30-27-24-21-17-14-11-8-5-2)45-40(44)35-32-29-26-22-18-15-12-9-6-3/h37-38,42H,4-36H2,1-3H3,(H,41,43)/t37-,38-/m0/s1. The van der Waals surface area contributed by atoms with Crippen molar-refractivity contribution in [2.45, 2.75) is 238 Å². The molecular formula is C40H79NO4. The highest BCUT2D eigenvalue weighted by atomic mass is 16.5. The van der Waals surface area contributed by atoms with Crippen LogP contribution in [0.25, 0.3) is 0 Å². The minimum atomic E-state index is -0.522. The summed E-state index contributed by atoms with van der Waals surface area (Å²) >= 11 is 0. The third kappa shape index (κ3) is 31.3. The lowest BCUT2D eigenvalue weighted by Gasteiger charge is -2.27. The van der Waals surface area contributed by atoms with Crippen molar-refractivity contribution in [3.8, 4) is 0 Å². The molecule has 5 nitrogen and oxygen atoms in total. The van der Waals surface area contributed by atoms with Crippen molar-refractivity contribution in [3.05, 3.63) is 0 Å². The second kappa shape index (κ2) is 35.7. The van der Waals surface area contributed by atoms with Crippen LogP contribution in [0, 0.1) is 0 Å². The molecular weight excluding hydrogens is 558 g/mol. The normalized spacial score (nSPS) is 12.7. The predicted octanol–water partition coefficient (Wildman–Crippen LogP) is 11.9. The molecule has 0 saturated heterocycles. The molecule has 5 heteroatoms. The fourth-order valence-corrected chi connectivity index (χ4v) is 6.29. The number of aliphatic hydroxyl groups excluding tert-OH is 1. The number of ether oxygens (including phenoxy) is 1. The third-order valence-corrected chi connectivity index (χ3v) is 9.36. The first-order valence-electron chi connectivity index (χ1n) is 20.2. The molecule has 0 aromatic rings. The molecule has 0 rings (SSSR count). The molecule has 0 saturated carbocycles. The Labute approximate surface area is 281 Å². The summed E-state index contributed by atoms with van der Waals surface area (Å²) < 4.78 is 5.95. The van der Waals surface area contributed by atoms with E-state index in [1.165, 1.54) is 148 Å². The van der Waals surface area contributed by atoms with Crippen molar-refractivity contribution in [2.24, 2.45) is 0 Å². The highest BCUT2D eigenvalue weighted by Crippen LogP contribution is 2.17. The van der Waals surface area contributed by atoms with Crippen molar-refractivity contribution in [1.29, 1.82) is 0 Å². The molecule has 0 bridgehead atoms. The zero-order valence-corrected chi connectivity index (χ0v) is 30.7. The molecule has 2 N–H and O–H groups in total. The van der Waals surface area contributed by atoms with E-state index < -0.39 is 12.1 Å². The number of carbonyl (C=O) groups excluding carboxylic acids is 2. The van der Waals surface area contributed by atoms with Crippen LogP contribution < -0.4 is 5.32 Å². The second-order valence-corrected chi connectivity index (χ2v) is 13.9. The van der Waals surface area contributed by atoms with E-state index in [0.717, 1.165) is 38.5 Å². The van der Waals surface area contributed by atoms with Crippen LogP contribution in [0.2, 0.25) is 0 Å². The summed E-state index contributed by atoms with van der Waals surface area (Å²) in [5.41, 5.74) is 0. The van der Waals surface area contributed by atoms with Gasteiger partial charge in [0.15, 0.2) is 0 Å². The van der Waals surface area contributed by atoms with Crippen LogP contribution in [0.5, 0.6) is 0 Å². The molecule has 268 valence electrons. The van der Waals surface area contributed by atoms with Gasteiger partial charge in [0.25, 0.3) is 0 Å². The Hall–Kier alpha value is -1.10. The van der Waals surface area contributed by atoms with Crippen LogP contribution in [0.4, 0.5) is 0 Å². The average Bonchev–Trinajstić information content (AvgIpc) is 3.04. The topological polar surface area (TPSA) is 75.6 Å². The summed E-state index contributed by atoms with van der Waals surface area (Å²) in [6.07, 6.45) is 36.9. The maximum Gasteiger partial charge on any atom is 0.306 e. The molecule has 0 aromatic heterocycles. The SMILES string of the molecule is CCCCCCCCCCCCCC(=O)N[C@@H](CO)[C@H](CCCCCCCCCCC)OC(=O)CCCCCCCCCCC. The van der Waals surface area contributed by atoms with Gasteiger partial charge in [0.2, 0.25) is 5.91 Å². The van der Waals surface area contributed by atoms with Crippen LogP contribution in [-0.4, -0.2) is 35.7 Å². The molecule has 0 aliphatic rings. The number of carbonyl (C=O) groups is 2. The van der Waals surface area contributed by atoms with Gasteiger partial charge in [-0.05, 0) is 25.7 Å². The quantitative estimate of drug-likeness (QED) is 0.0529. The van der Waals surface area contributed by atoms with Crippen LogP contribution in [0.1, 0.15) is 226 Å². The van der Waals surface area contributed by atoms with Crippen molar-refractivity contribution in [1.82, 2.24) is 5.32 Å². The van der Waals surface area contributed by atoms with Gasteiger partial charge in [-0.25, -0.2) is 0 Å². The number of esters is 1. The highest BCUT2D eigenvalue weighted by Gasteiger charge is 2.26. The van der Waals surface area contributed by atoms with E-state index in [0.29, 0.717) is 19.3 Å². The van der Waals surface area contributed by atoms with E-state index in [4.69, 9.17) is 4.74 Å². The molecule has 0 radical (unpaired) electrons. The van der Waals surface area contributed by atoms with Crippen LogP contribution in [-0.2, 0) is 14.3 Å². The number of amides is 1. The molecule has 0 unspecified atom stereocenters. The van der Waals surface area contributed by atoms with Crippen LogP contribution >= 0.6 is 0 Å². The van der Waals surface area contributed by atoms with Crippen molar-refractivity contribution < 1.29 is 19.4 Å². The molecule has 2 atom stereocenters. The summed E-state index contributed by atoms with van der Waals surface area (Å²) in [6.45, 7) is 6.56. The van der Waals surface area contributed by atoms with Gasteiger partial charge in [-0.15, -0.1) is 0 Å². The molecule has 0 aromatic carbocycles. The van der Waals surface area contributed by atoms with Crippen molar-refractivity contribution >= 4 is 11.9 Å². The van der Waals surface area contributed by atoms with Crippen molar-refractivity contribution in [3.63, 3.8) is 0 Å². The first kappa shape index (κ1) is 43.9. The van der Waals surface area contributed by atoms with E-state index in [9.17, 15) is 14.7 Å². The Morgan fingerprint density at radius 3 is 1.20 bits per heavy atom. The first-order valence-corrected chi connectivity index (χ1v) is 20.2. The van der Waals surface area contributed by atoms with E-state index in [1.807, 2.05) is 0 Å². The van der Waals surface area contributed by atoms with Gasteiger partial charge in [0.1, 0.15) is 6.10 Å². The second-order valence-electron chi connectivity index (χ2n) is 13.9. The summed E-state index contributed by atoms with van der Waals surface area (Å²) in [4.78, 5) is 25.6. The van der Waals surface area contributed by atoms with Crippen LogP contribution in [0.15, 0.2) is 0 Å².